The van der Waals surface area contributed by atoms with Crippen LogP contribution in [0.3, 0.4) is 0 Å². The Balaban J connectivity index is 1.53. The summed E-state index contributed by atoms with van der Waals surface area (Å²) in [6.45, 7) is 0. The van der Waals surface area contributed by atoms with Crippen molar-refractivity contribution in [1.82, 2.24) is 10.6 Å². The molecule has 0 aromatic heterocycles. The van der Waals surface area contributed by atoms with E-state index in [1.165, 1.54) is 12.2 Å². The molecule has 1 aliphatic rings. The van der Waals surface area contributed by atoms with Crippen molar-refractivity contribution in [2.24, 2.45) is 0 Å². The molecule has 0 radical (unpaired) electrons. The molecule has 2 N–H and O–H groups in total. The van der Waals surface area contributed by atoms with Crippen molar-refractivity contribution in [1.29, 1.82) is 0 Å². The van der Waals surface area contributed by atoms with Crippen molar-refractivity contribution in [3.63, 3.8) is 0 Å². The van der Waals surface area contributed by atoms with Crippen molar-refractivity contribution in [2.45, 2.75) is 37.8 Å². The molecule has 1 aliphatic carbocycles. The Morgan fingerprint density at radius 1 is 0.719 bits per heavy atom. The number of rotatable bonds is 8. The number of ether oxygens (including phenoxy) is 2. The molecule has 1 saturated carbocycles. The van der Waals surface area contributed by atoms with E-state index >= 15 is 0 Å². The van der Waals surface area contributed by atoms with E-state index in [2.05, 4.69) is 10.6 Å². The first-order valence-electron chi connectivity index (χ1n) is 10.8. The number of benzene rings is 2. The smallest absolute Gasteiger partial charge is 0.244 e. The summed E-state index contributed by atoms with van der Waals surface area (Å²) in [6, 6.07) is 14.8. The van der Waals surface area contributed by atoms with Crippen LogP contribution < -0.4 is 20.1 Å². The van der Waals surface area contributed by atoms with E-state index in [9.17, 15) is 9.59 Å². The van der Waals surface area contributed by atoms with Crippen LogP contribution in [0.2, 0.25) is 0 Å². The van der Waals surface area contributed by atoms with E-state index in [0.717, 1.165) is 48.3 Å². The predicted molar refractivity (Wildman–Crippen MR) is 126 cm³/mol. The standard InChI is InChI=1S/C26H30N2O4/c1-31-21-13-7-19(8-14-21)11-17-25(29)27-23-5-3-4-6-24(23)28-26(30)18-12-20-9-15-22(32-2)16-10-20/h7-18,23-24H,3-6H2,1-2H3,(H,27,29)(H,28,30)/t23-,24-/m0/s1. The Hall–Kier alpha value is -3.54. The Morgan fingerprint density at radius 3 is 1.44 bits per heavy atom. The second-order valence-electron chi connectivity index (χ2n) is 7.73. The minimum Gasteiger partial charge on any atom is -0.497 e. The van der Waals surface area contributed by atoms with Gasteiger partial charge in [0.05, 0.1) is 14.2 Å². The molecule has 2 aromatic carbocycles. The fourth-order valence-electron chi connectivity index (χ4n) is 3.71. The van der Waals surface area contributed by atoms with Crippen LogP contribution in [0.25, 0.3) is 12.2 Å². The molecule has 1 fully saturated rings. The zero-order chi connectivity index (χ0) is 22.8. The number of nitrogens with one attached hydrogen (secondary N) is 2. The molecule has 0 aliphatic heterocycles. The highest BCUT2D eigenvalue weighted by atomic mass is 16.5. The van der Waals surface area contributed by atoms with Gasteiger partial charge in [0.25, 0.3) is 0 Å². The fourth-order valence-corrected chi connectivity index (χ4v) is 3.71. The summed E-state index contributed by atoms with van der Waals surface area (Å²) in [6.07, 6.45) is 10.3. The average molecular weight is 435 g/mol. The summed E-state index contributed by atoms with van der Waals surface area (Å²) < 4.78 is 10.3. The van der Waals surface area contributed by atoms with Gasteiger partial charge in [-0.25, -0.2) is 0 Å². The Bertz CT molecular complexity index is 869. The quantitative estimate of drug-likeness (QED) is 0.617. The minimum atomic E-state index is -0.166. The normalized spacial score (nSPS) is 18.4. The first kappa shape index (κ1) is 23.1. The molecule has 0 saturated heterocycles. The third-order valence-corrected chi connectivity index (χ3v) is 5.51. The predicted octanol–water partition coefficient (Wildman–Crippen LogP) is 3.97. The number of hydrogen-bond donors (Lipinski definition) is 2. The van der Waals surface area contributed by atoms with Crippen molar-refractivity contribution in [3.8, 4) is 11.5 Å². The summed E-state index contributed by atoms with van der Waals surface area (Å²) in [5.41, 5.74) is 1.83. The molecule has 2 aromatic rings. The lowest BCUT2D eigenvalue weighted by atomic mass is 9.90. The summed E-state index contributed by atoms with van der Waals surface area (Å²) in [5.74, 6) is 1.21. The van der Waals surface area contributed by atoms with Crippen LogP contribution in [0.1, 0.15) is 36.8 Å². The van der Waals surface area contributed by atoms with Crippen LogP contribution in [0, 0.1) is 0 Å². The molecule has 6 heteroatoms. The van der Waals surface area contributed by atoms with Crippen molar-refractivity contribution < 1.29 is 19.1 Å². The topological polar surface area (TPSA) is 76.7 Å². The molecule has 2 amide bonds. The number of methoxy groups -OCH3 is 2. The summed E-state index contributed by atoms with van der Waals surface area (Å²) in [7, 11) is 3.24. The van der Waals surface area contributed by atoms with Gasteiger partial charge in [0, 0.05) is 24.2 Å². The van der Waals surface area contributed by atoms with Crippen LogP contribution in [0.15, 0.2) is 60.7 Å². The highest BCUT2D eigenvalue weighted by Gasteiger charge is 2.26. The number of amides is 2. The van der Waals surface area contributed by atoms with Gasteiger partial charge in [-0.2, -0.15) is 0 Å². The maximum atomic E-state index is 12.4. The maximum absolute atomic E-state index is 12.4. The van der Waals surface area contributed by atoms with Gasteiger partial charge in [-0.1, -0.05) is 37.1 Å². The number of carbonyl (C=O) groups is 2. The van der Waals surface area contributed by atoms with Gasteiger partial charge in [0.2, 0.25) is 11.8 Å². The van der Waals surface area contributed by atoms with Gasteiger partial charge in [-0.3, -0.25) is 9.59 Å². The van der Waals surface area contributed by atoms with Crippen molar-refractivity contribution >= 4 is 24.0 Å². The minimum absolute atomic E-state index is 0.0879. The molecular weight excluding hydrogens is 404 g/mol. The highest BCUT2D eigenvalue weighted by molar-refractivity contribution is 5.93. The second-order valence-corrected chi connectivity index (χ2v) is 7.73. The molecule has 168 valence electrons. The lowest BCUT2D eigenvalue weighted by Crippen LogP contribution is -2.52. The summed E-state index contributed by atoms with van der Waals surface area (Å²) >= 11 is 0. The Morgan fingerprint density at radius 2 is 1.09 bits per heavy atom. The summed E-state index contributed by atoms with van der Waals surface area (Å²) in [5, 5.41) is 6.10. The van der Waals surface area contributed by atoms with E-state index in [0.29, 0.717) is 0 Å². The zero-order valence-corrected chi connectivity index (χ0v) is 18.5. The Kier molecular flexibility index (Phi) is 8.49. The average Bonchev–Trinajstić information content (AvgIpc) is 2.83. The SMILES string of the molecule is COc1ccc(C=CC(=O)N[C@H]2CCCC[C@@H]2NC(=O)C=Cc2ccc(OC)cc2)cc1. The third-order valence-electron chi connectivity index (χ3n) is 5.51. The fraction of sp³-hybridized carbons (Fsp3) is 0.308. The lowest BCUT2D eigenvalue weighted by molar-refractivity contribution is -0.120. The van der Waals surface area contributed by atoms with Crippen LogP contribution in [-0.4, -0.2) is 38.1 Å². The molecule has 2 atom stereocenters. The monoisotopic (exact) mass is 434 g/mol. The third kappa shape index (κ3) is 7.01. The van der Waals surface area contributed by atoms with Crippen LogP contribution >= 0.6 is 0 Å². The zero-order valence-electron chi connectivity index (χ0n) is 18.5. The largest absolute Gasteiger partial charge is 0.497 e. The van der Waals surface area contributed by atoms with Crippen molar-refractivity contribution in [3.05, 3.63) is 71.8 Å². The number of carbonyl (C=O) groups excluding carboxylic acids is 2. The molecule has 0 unspecified atom stereocenters. The molecule has 6 nitrogen and oxygen atoms in total. The van der Waals surface area contributed by atoms with E-state index in [-0.39, 0.29) is 23.9 Å². The molecular formula is C26H30N2O4. The van der Waals surface area contributed by atoms with E-state index in [1.54, 1.807) is 26.4 Å². The number of hydrogen-bond acceptors (Lipinski definition) is 4. The van der Waals surface area contributed by atoms with Crippen LogP contribution in [-0.2, 0) is 9.59 Å². The van der Waals surface area contributed by atoms with Gasteiger partial charge in [0.15, 0.2) is 0 Å². The van der Waals surface area contributed by atoms with Gasteiger partial charge in [-0.05, 0) is 60.4 Å². The lowest BCUT2D eigenvalue weighted by Gasteiger charge is -2.32. The van der Waals surface area contributed by atoms with Crippen molar-refractivity contribution in [2.75, 3.05) is 14.2 Å². The molecule has 0 spiro atoms. The first-order valence-corrected chi connectivity index (χ1v) is 10.8. The first-order chi connectivity index (χ1) is 15.6. The molecule has 0 bridgehead atoms. The maximum Gasteiger partial charge on any atom is 0.244 e. The highest BCUT2D eigenvalue weighted by Crippen LogP contribution is 2.19. The molecule has 3 rings (SSSR count). The Labute approximate surface area is 189 Å². The molecule has 0 heterocycles. The second kappa shape index (κ2) is 11.7. The van der Waals surface area contributed by atoms with Gasteiger partial charge < -0.3 is 20.1 Å². The van der Waals surface area contributed by atoms with Gasteiger partial charge in [-0.15, -0.1) is 0 Å². The summed E-state index contributed by atoms with van der Waals surface area (Å²) in [4.78, 5) is 24.9. The molecule has 32 heavy (non-hydrogen) atoms. The van der Waals surface area contributed by atoms with E-state index in [4.69, 9.17) is 9.47 Å². The van der Waals surface area contributed by atoms with E-state index in [1.807, 2.05) is 48.5 Å². The van der Waals surface area contributed by atoms with Gasteiger partial charge >= 0.3 is 0 Å². The van der Waals surface area contributed by atoms with E-state index < -0.39 is 0 Å². The van der Waals surface area contributed by atoms with Crippen LogP contribution in [0.5, 0.6) is 11.5 Å². The van der Waals surface area contributed by atoms with Gasteiger partial charge in [0.1, 0.15) is 11.5 Å². The van der Waals surface area contributed by atoms with Crippen LogP contribution in [0.4, 0.5) is 0 Å².